The summed E-state index contributed by atoms with van der Waals surface area (Å²) in [4.78, 5) is 0. The third-order valence-electron chi connectivity index (χ3n) is 5.50. The van der Waals surface area contributed by atoms with Crippen LogP contribution in [0.5, 0.6) is 34.5 Å². The van der Waals surface area contributed by atoms with Gasteiger partial charge in [0, 0.05) is 23.5 Å². The van der Waals surface area contributed by atoms with Crippen molar-refractivity contribution in [3.8, 4) is 34.5 Å². The van der Waals surface area contributed by atoms with Crippen molar-refractivity contribution in [2.24, 2.45) is 0 Å². The lowest BCUT2D eigenvalue weighted by Gasteiger charge is -2.35. The molecule has 0 aromatic heterocycles. The van der Waals surface area contributed by atoms with E-state index in [9.17, 15) is 19.7 Å². The molecule has 0 spiro atoms. The Morgan fingerprint density at radius 3 is 2.23 bits per heavy atom. The predicted molar refractivity (Wildman–Crippen MR) is 112 cm³/mol. The summed E-state index contributed by atoms with van der Waals surface area (Å²) in [6, 6.07) is 10.5. The zero-order valence-corrected chi connectivity index (χ0v) is 17.5. The van der Waals surface area contributed by atoms with Crippen LogP contribution in [0.2, 0.25) is 5.02 Å². The molecule has 0 radical (unpaired) electrons. The van der Waals surface area contributed by atoms with Crippen molar-refractivity contribution in [3.63, 3.8) is 0 Å². The molecule has 2 atom stereocenters. The van der Waals surface area contributed by atoms with E-state index in [1.807, 2.05) is 0 Å². The second-order valence-electron chi connectivity index (χ2n) is 7.22. The molecule has 6 nitrogen and oxygen atoms in total. The van der Waals surface area contributed by atoms with Gasteiger partial charge in [0.05, 0.1) is 25.8 Å². The Balaban J connectivity index is 1.93. The van der Waals surface area contributed by atoms with Crippen molar-refractivity contribution in [1.82, 2.24) is 0 Å². The van der Waals surface area contributed by atoms with Gasteiger partial charge in [-0.1, -0.05) is 17.7 Å². The van der Waals surface area contributed by atoms with Crippen molar-refractivity contribution in [2.75, 3.05) is 20.8 Å². The third-order valence-corrected chi connectivity index (χ3v) is 5.80. The van der Waals surface area contributed by atoms with E-state index < -0.39 is 17.5 Å². The topological polar surface area (TPSA) is 88.4 Å². The van der Waals surface area contributed by atoms with Gasteiger partial charge >= 0.3 is 0 Å². The number of hydrogen-bond donors (Lipinski definition) is 3. The van der Waals surface area contributed by atoms with Gasteiger partial charge in [0.15, 0.2) is 23.1 Å². The van der Waals surface area contributed by atoms with Crippen molar-refractivity contribution in [1.29, 1.82) is 0 Å². The summed E-state index contributed by atoms with van der Waals surface area (Å²) in [5, 5.41) is 30.1. The van der Waals surface area contributed by atoms with Crippen LogP contribution in [0.25, 0.3) is 0 Å². The molecule has 0 saturated carbocycles. The number of hydrogen-bond acceptors (Lipinski definition) is 6. The summed E-state index contributed by atoms with van der Waals surface area (Å²) in [6.45, 7) is 0.193. The highest BCUT2D eigenvalue weighted by molar-refractivity contribution is 6.32. The van der Waals surface area contributed by atoms with Crippen LogP contribution < -0.4 is 14.2 Å². The van der Waals surface area contributed by atoms with Crippen LogP contribution in [0.15, 0.2) is 42.5 Å². The van der Waals surface area contributed by atoms with Crippen molar-refractivity contribution in [2.45, 2.75) is 11.8 Å². The van der Waals surface area contributed by atoms with E-state index in [4.69, 9.17) is 25.8 Å². The number of phenolic OH excluding ortho intramolecular Hbond substituents is 3. The number of benzene rings is 3. The number of methoxy groups -OCH3 is 2. The Labute approximate surface area is 183 Å². The van der Waals surface area contributed by atoms with Gasteiger partial charge in [-0.15, -0.1) is 0 Å². The number of halogens is 2. The lowest BCUT2D eigenvalue weighted by Crippen LogP contribution is -2.25. The molecule has 1 aliphatic rings. The molecule has 0 amide bonds. The Morgan fingerprint density at radius 1 is 0.935 bits per heavy atom. The molecule has 2 unspecified atom stereocenters. The molecular formula is C23H20ClFO6. The van der Waals surface area contributed by atoms with E-state index in [1.165, 1.54) is 32.4 Å². The molecular weight excluding hydrogens is 427 g/mol. The molecule has 3 N–H and O–H groups in total. The van der Waals surface area contributed by atoms with Crippen LogP contribution in [0, 0.1) is 5.82 Å². The van der Waals surface area contributed by atoms with Crippen LogP contribution in [-0.2, 0) is 0 Å². The normalized spacial score (nSPS) is 17.5. The van der Waals surface area contributed by atoms with Gasteiger partial charge in [0.25, 0.3) is 0 Å². The molecule has 1 heterocycles. The second-order valence-corrected chi connectivity index (χ2v) is 7.63. The maximum absolute atomic E-state index is 14.3. The molecule has 4 rings (SSSR count). The summed E-state index contributed by atoms with van der Waals surface area (Å²) in [7, 11) is 2.86. The molecule has 0 bridgehead atoms. The third kappa shape index (κ3) is 3.65. The Kier molecular flexibility index (Phi) is 5.45. The summed E-state index contributed by atoms with van der Waals surface area (Å²) in [5.74, 6) is -1.38. The number of fused-ring (bicyclic) bond motifs is 1. The van der Waals surface area contributed by atoms with E-state index in [0.717, 1.165) is 5.56 Å². The predicted octanol–water partition coefficient (Wildman–Crippen LogP) is 4.92. The molecule has 31 heavy (non-hydrogen) atoms. The number of aromatic hydroxyl groups is 3. The lowest BCUT2D eigenvalue weighted by atomic mass is 9.75. The Hall–Kier alpha value is -3.32. The minimum atomic E-state index is -0.755. The zero-order valence-electron chi connectivity index (χ0n) is 16.7. The number of ether oxygens (including phenoxy) is 3. The SMILES string of the molecule is COc1cc(C2COc3cc(O)c(Cl)cc3C2c2ccc(O)c(F)c2)cc(OC)c1O. The number of phenols is 3. The highest BCUT2D eigenvalue weighted by atomic mass is 35.5. The fourth-order valence-corrected chi connectivity index (χ4v) is 4.14. The van der Waals surface area contributed by atoms with E-state index in [-0.39, 0.29) is 40.5 Å². The maximum atomic E-state index is 14.3. The molecule has 0 saturated heterocycles. The minimum Gasteiger partial charge on any atom is -0.506 e. The second kappa shape index (κ2) is 8.07. The monoisotopic (exact) mass is 446 g/mol. The van der Waals surface area contributed by atoms with Crippen LogP contribution in [0.3, 0.4) is 0 Å². The smallest absolute Gasteiger partial charge is 0.200 e. The number of rotatable bonds is 4. The molecule has 0 fully saturated rings. The first kappa shape index (κ1) is 20.9. The van der Waals surface area contributed by atoms with Gasteiger partial charge in [-0.05, 0) is 41.5 Å². The molecule has 3 aromatic rings. The standard InChI is InChI=1S/C23H20ClFO6/c1-29-20-6-12(7-21(30-2)23(20)28)14-10-31-19-9-18(27)15(24)8-13(19)22(14)11-3-4-17(26)16(25)5-11/h3-9,14,22,26-28H,10H2,1-2H3. The summed E-state index contributed by atoms with van der Waals surface area (Å²) >= 11 is 6.17. The van der Waals surface area contributed by atoms with Gasteiger partial charge < -0.3 is 29.5 Å². The van der Waals surface area contributed by atoms with Crippen LogP contribution >= 0.6 is 11.6 Å². The van der Waals surface area contributed by atoms with Gasteiger partial charge in [0.2, 0.25) is 5.75 Å². The highest BCUT2D eigenvalue weighted by Gasteiger charge is 2.35. The van der Waals surface area contributed by atoms with Crippen molar-refractivity contribution >= 4 is 11.6 Å². The fourth-order valence-electron chi connectivity index (χ4n) is 3.96. The average Bonchev–Trinajstić information content (AvgIpc) is 2.76. The van der Waals surface area contributed by atoms with Crippen molar-refractivity contribution < 1.29 is 33.9 Å². The first-order valence-corrected chi connectivity index (χ1v) is 9.80. The van der Waals surface area contributed by atoms with E-state index >= 15 is 0 Å². The molecule has 8 heteroatoms. The van der Waals surface area contributed by atoms with Crippen molar-refractivity contribution in [3.05, 3.63) is 70.0 Å². The highest BCUT2D eigenvalue weighted by Crippen LogP contribution is 2.50. The molecule has 1 aliphatic heterocycles. The van der Waals surface area contributed by atoms with Gasteiger partial charge in [-0.2, -0.15) is 0 Å². The molecule has 3 aromatic carbocycles. The van der Waals surface area contributed by atoms with E-state index in [2.05, 4.69) is 0 Å². The summed E-state index contributed by atoms with van der Waals surface area (Å²) in [6.07, 6.45) is 0. The zero-order chi connectivity index (χ0) is 22.3. The first-order chi connectivity index (χ1) is 14.8. The van der Waals surface area contributed by atoms with Gasteiger partial charge in [0.1, 0.15) is 11.5 Å². The molecule has 162 valence electrons. The fraction of sp³-hybridized carbons (Fsp3) is 0.217. The van der Waals surface area contributed by atoms with Crippen LogP contribution in [0.1, 0.15) is 28.5 Å². The Morgan fingerprint density at radius 2 is 1.61 bits per heavy atom. The maximum Gasteiger partial charge on any atom is 0.200 e. The van der Waals surface area contributed by atoms with Gasteiger partial charge in [-0.3, -0.25) is 0 Å². The van der Waals surface area contributed by atoms with Crippen LogP contribution in [0.4, 0.5) is 4.39 Å². The minimum absolute atomic E-state index is 0.123. The average molecular weight is 447 g/mol. The van der Waals surface area contributed by atoms with E-state index in [0.29, 0.717) is 16.9 Å². The first-order valence-electron chi connectivity index (χ1n) is 9.42. The largest absolute Gasteiger partial charge is 0.506 e. The quantitative estimate of drug-likeness (QED) is 0.527. The van der Waals surface area contributed by atoms with E-state index in [1.54, 1.807) is 24.3 Å². The summed E-state index contributed by atoms with van der Waals surface area (Å²) in [5.41, 5.74) is 1.95. The van der Waals surface area contributed by atoms with Crippen LogP contribution in [-0.4, -0.2) is 36.1 Å². The summed E-state index contributed by atoms with van der Waals surface area (Å²) < 4.78 is 30.7. The van der Waals surface area contributed by atoms with Gasteiger partial charge in [-0.25, -0.2) is 4.39 Å². The molecule has 0 aliphatic carbocycles. The lowest BCUT2D eigenvalue weighted by molar-refractivity contribution is 0.246. The Bertz CT molecular complexity index is 1120.